The van der Waals surface area contributed by atoms with E-state index in [-0.39, 0.29) is 11.9 Å². The Bertz CT molecular complexity index is 313. The zero-order valence-electron chi connectivity index (χ0n) is 9.65. The third kappa shape index (κ3) is 3.98. The van der Waals surface area contributed by atoms with E-state index in [9.17, 15) is 4.79 Å². The number of carbonyl (C=O) groups is 1. The van der Waals surface area contributed by atoms with E-state index in [1.807, 2.05) is 0 Å². The van der Waals surface area contributed by atoms with Crippen molar-refractivity contribution in [2.24, 2.45) is 5.73 Å². The summed E-state index contributed by atoms with van der Waals surface area (Å²) in [5, 5.41) is 2.93. The first-order valence-corrected chi connectivity index (χ1v) is 5.69. The van der Waals surface area contributed by atoms with Gasteiger partial charge in [-0.05, 0) is 18.6 Å². The molecule has 3 N–H and O–H groups in total. The van der Waals surface area contributed by atoms with Crippen molar-refractivity contribution in [1.29, 1.82) is 0 Å². The van der Waals surface area contributed by atoms with Gasteiger partial charge in [0.2, 0.25) is 0 Å². The standard InChI is InChI=1S/C12H19N3O/c1-2-3-4-11(9-13)15-12(16)10-5-7-14-8-6-10/h5-8,11H,2-4,9,13H2,1H3,(H,15,16). The predicted molar refractivity (Wildman–Crippen MR) is 64.1 cm³/mol. The van der Waals surface area contributed by atoms with Gasteiger partial charge in [-0.15, -0.1) is 0 Å². The van der Waals surface area contributed by atoms with E-state index in [1.165, 1.54) is 0 Å². The molecule has 0 fully saturated rings. The molecule has 0 saturated carbocycles. The number of amides is 1. The zero-order chi connectivity index (χ0) is 11.8. The van der Waals surface area contributed by atoms with Gasteiger partial charge in [0.15, 0.2) is 0 Å². The maximum atomic E-state index is 11.8. The van der Waals surface area contributed by atoms with Gasteiger partial charge < -0.3 is 11.1 Å². The fourth-order valence-corrected chi connectivity index (χ4v) is 1.47. The van der Waals surface area contributed by atoms with E-state index >= 15 is 0 Å². The van der Waals surface area contributed by atoms with Crippen molar-refractivity contribution in [1.82, 2.24) is 10.3 Å². The average molecular weight is 221 g/mol. The highest BCUT2D eigenvalue weighted by Crippen LogP contribution is 2.02. The molecule has 1 heterocycles. The van der Waals surface area contributed by atoms with E-state index in [1.54, 1.807) is 24.5 Å². The summed E-state index contributed by atoms with van der Waals surface area (Å²) in [6, 6.07) is 3.46. The average Bonchev–Trinajstić information content (AvgIpc) is 2.35. The van der Waals surface area contributed by atoms with Crippen LogP contribution in [0.4, 0.5) is 0 Å². The Balaban J connectivity index is 2.49. The molecular formula is C12H19N3O. The van der Waals surface area contributed by atoms with Gasteiger partial charge in [0.05, 0.1) is 0 Å². The summed E-state index contributed by atoms with van der Waals surface area (Å²) in [6.07, 6.45) is 6.35. The molecule has 0 aliphatic carbocycles. The predicted octanol–water partition coefficient (Wildman–Crippen LogP) is 1.33. The molecule has 1 aromatic heterocycles. The van der Waals surface area contributed by atoms with Gasteiger partial charge in [-0.25, -0.2) is 0 Å². The second kappa shape index (κ2) is 6.95. The lowest BCUT2D eigenvalue weighted by Gasteiger charge is -2.16. The van der Waals surface area contributed by atoms with Crippen LogP contribution >= 0.6 is 0 Å². The summed E-state index contributed by atoms with van der Waals surface area (Å²) in [7, 11) is 0. The quantitative estimate of drug-likeness (QED) is 0.761. The van der Waals surface area contributed by atoms with E-state index < -0.39 is 0 Å². The number of unbranched alkanes of at least 4 members (excludes halogenated alkanes) is 1. The Morgan fingerprint density at radius 3 is 2.75 bits per heavy atom. The third-order valence-corrected chi connectivity index (χ3v) is 2.47. The van der Waals surface area contributed by atoms with Crippen LogP contribution in [0.1, 0.15) is 36.5 Å². The smallest absolute Gasteiger partial charge is 0.251 e. The summed E-state index contributed by atoms with van der Waals surface area (Å²) in [4.78, 5) is 15.7. The zero-order valence-corrected chi connectivity index (χ0v) is 9.65. The van der Waals surface area contributed by atoms with Gasteiger partial charge in [0.25, 0.3) is 5.91 Å². The van der Waals surface area contributed by atoms with Crippen LogP contribution in [0, 0.1) is 0 Å². The van der Waals surface area contributed by atoms with Crippen LogP contribution in [0.5, 0.6) is 0 Å². The lowest BCUT2D eigenvalue weighted by Crippen LogP contribution is -2.40. The van der Waals surface area contributed by atoms with Gasteiger partial charge in [-0.3, -0.25) is 9.78 Å². The van der Waals surface area contributed by atoms with E-state index in [2.05, 4.69) is 17.2 Å². The minimum atomic E-state index is -0.0750. The van der Waals surface area contributed by atoms with Crippen molar-refractivity contribution in [2.75, 3.05) is 6.54 Å². The van der Waals surface area contributed by atoms with Gasteiger partial charge >= 0.3 is 0 Å². The molecule has 88 valence electrons. The molecule has 1 rings (SSSR count). The normalized spacial score (nSPS) is 12.1. The van der Waals surface area contributed by atoms with Crippen molar-refractivity contribution in [3.05, 3.63) is 30.1 Å². The molecule has 16 heavy (non-hydrogen) atoms. The number of aromatic nitrogens is 1. The van der Waals surface area contributed by atoms with Crippen molar-refractivity contribution >= 4 is 5.91 Å². The van der Waals surface area contributed by atoms with Gasteiger partial charge in [0, 0.05) is 30.5 Å². The molecule has 4 heteroatoms. The highest BCUT2D eigenvalue weighted by molar-refractivity contribution is 5.94. The molecule has 1 unspecified atom stereocenters. The van der Waals surface area contributed by atoms with Crippen LogP contribution in [0.15, 0.2) is 24.5 Å². The molecule has 0 aromatic carbocycles. The van der Waals surface area contributed by atoms with Crippen molar-refractivity contribution < 1.29 is 4.79 Å². The van der Waals surface area contributed by atoms with E-state index in [0.717, 1.165) is 19.3 Å². The van der Waals surface area contributed by atoms with Crippen LogP contribution < -0.4 is 11.1 Å². The minimum Gasteiger partial charge on any atom is -0.348 e. The number of rotatable bonds is 6. The Labute approximate surface area is 96.3 Å². The first kappa shape index (κ1) is 12.6. The first-order valence-electron chi connectivity index (χ1n) is 5.69. The van der Waals surface area contributed by atoms with E-state index in [0.29, 0.717) is 12.1 Å². The van der Waals surface area contributed by atoms with Crippen LogP contribution in [-0.4, -0.2) is 23.5 Å². The Morgan fingerprint density at radius 2 is 2.19 bits per heavy atom. The summed E-state index contributed by atoms with van der Waals surface area (Å²) >= 11 is 0. The second-order valence-electron chi connectivity index (χ2n) is 3.78. The van der Waals surface area contributed by atoms with Crippen molar-refractivity contribution in [3.63, 3.8) is 0 Å². The van der Waals surface area contributed by atoms with Gasteiger partial charge in [-0.2, -0.15) is 0 Å². The van der Waals surface area contributed by atoms with Gasteiger partial charge in [0.1, 0.15) is 0 Å². The molecule has 0 radical (unpaired) electrons. The highest BCUT2D eigenvalue weighted by Gasteiger charge is 2.11. The maximum Gasteiger partial charge on any atom is 0.251 e. The SMILES string of the molecule is CCCCC(CN)NC(=O)c1ccncc1. The molecule has 4 nitrogen and oxygen atoms in total. The first-order chi connectivity index (χ1) is 7.77. The summed E-state index contributed by atoms with van der Waals surface area (Å²) in [5.74, 6) is -0.0750. The number of nitrogens with zero attached hydrogens (tertiary/aromatic N) is 1. The molecule has 0 saturated heterocycles. The topological polar surface area (TPSA) is 68.0 Å². The molecule has 1 aromatic rings. The third-order valence-electron chi connectivity index (χ3n) is 2.47. The number of pyridine rings is 1. The number of nitrogens with one attached hydrogen (secondary N) is 1. The fourth-order valence-electron chi connectivity index (χ4n) is 1.47. The fraction of sp³-hybridized carbons (Fsp3) is 0.500. The molecular weight excluding hydrogens is 202 g/mol. The largest absolute Gasteiger partial charge is 0.348 e. The number of nitrogens with two attached hydrogens (primary N) is 1. The van der Waals surface area contributed by atoms with Crippen molar-refractivity contribution in [2.45, 2.75) is 32.2 Å². The summed E-state index contributed by atoms with van der Waals surface area (Å²) in [5.41, 5.74) is 6.24. The summed E-state index contributed by atoms with van der Waals surface area (Å²) in [6.45, 7) is 2.61. The van der Waals surface area contributed by atoms with E-state index in [4.69, 9.17) is 5.73 Å². The molecule has 0 bridgehead atoms. The molecule has 1 atom stereocenters. The van der Waals surface area contributed by atoms with Crippen molar-refractivity contribution in [3.8, 4) is 0 Å². The Hall–Kier alpha value is -1.42. The number of hydrogen-bond acceptors (Lipinski definition) is 3. The molecule has 0 aliphatic heterocycles. The monoisotopic (exact) mass is 221 g/mol. The Morgan fingerprint density at radius 1 is 1.50 bits per heavy atom. The molecule has 0 aliphatic rings. The second-order valence-corrected chi connectivity index (χ2v) is 3.78. The number of hydrogen-bond donors (Lipinski definition) is 2. The molecule has 0 spiro atoms. The Kier molecular flexibility index (Phi) is 5.50. The van der Waals surface area contributed by atoms with Crippen LogP contribution in [0.3, 0.4) is 0 Å². The highest BCUT2D eigenvalue weighted by atomic mass is 16.1. The summed E-state index contributed by atoms with van der Waals surface area (Å²) < 4.78 is 0. The van der Waals surface area contributed by atoms with Crippen LogP contribution in [0.2, 0.25) is 0 Å². The van der Waals surface area contributed by atoms with Gasteiger partial charge in [-0.1, -0.05) is 19.8 Å². The lowest BCUT2D eigenvalue weighted by molar-refractivity contribution is 0.0935. The van der Waals surface area contributed by atoms with Crippen LogP contribution in [0.25, 0.3) is 0 Å². The van der Waals surface area contributed by atoms with Crippen LogP contribution in [-0.2, 0) is 0 Å². The number of carbonyl (C=O) groups excluding carboxylic acids is 1. The minimum absolute atomic E-state index is 0.0700. The molecule has 1 amide bonds. The maximum absolute atomic E-state index is 11.8. The lowest BCUT2D eigenvalue weighted by atomic mass is 10.1.